The normalized spacial score (nSPS) is 19.7. The summed E-state index contributed by atoms with van der Waals surface area (Å²) in [4.78, 5) is 4.29. The molecule has 0 radical (unpaired) electrons. The van der Waals surface area contributed by atoms with E-state index in [-0.39, 0.29) is 11.2 Å². The molecule has 1 saturated heterocycles. The first-order valence-electron chi connectivity index (χ1n) is 10.1. The molecule has 150 valence electrons. The van der Waals surface area contributed by atoms with E-state index in [0.29, 0.717) is 5.92 Å². The third-order valence-electron chi connectivity index (χ3n) is 5.56. The van der Waals surface area contributed by atoms with E-state index in [1.807, 2.05) is 6.07 Å². The van der Waals surface area contributed by atoms with E-state index in [9.17, 15) is 4.39 Å². The molecule has 0 unspecified atom stereocenters. The summed E-state index contributed by atoms with van der Waals surface area (Å²) in [6, 6.07) is 6.96. The van der Waals surface area contributed by atoms with Gasteiger partial charge in [0.1, 0.15) is 5.82 Å². The molecule has 3 rings (SSSR count). The van der Waals surface area contributed by atoms with Crippen molar-refractivity contribution >= 4 is 5.96 Å². The average molecular weight is 378 g/mol. The van der Waals surface area contributed by atoms with E-state index >= 15 is 0 Å². The van der Waals surface area contributed by atoms with Gasteiger partial charge in [-0.05, 0) is 55.7 Å². The fourth-order valence-electron chi connectivity index (χ4n) is 3.55. The lowest BCUT2D eigenvalue weighted by Crippen LogP contribution is -2.41. The molecule has 0 aromatic heterocycles. The largest absolute Gasteiger partial charge is 0.381 e. The van der Waals surface area contributed by atoms with Gasteiger partial charge in [-0.3, -0.25) is 4.99 Å². The molecule has 1 saturated carbocycles. The highest BCUT2D eigenvalue weighted by atomic mass is 19.1. The van der Waals surface area contributed by atoms with Crippen LogP contribution in [-0.4, -0.2) is 52.5 Å². The number of nitrogens with one attached hydrogen (secondary N) is 2. The van der Waals surface area contributed by atoms with Crippen LogP contribution in [0.5, 0.6) is 0 Å². The first-order valence-corrected chi connectivity index (χ1v) is 10.1. The van der Waals surface area contributed by atoms with Crippen molar-refractivity contribution in [2.75, 3.05) is 46.6 Å². The van der Waals surface area contributed by atoms with Crippen molar-refractivity contribution < 1.29 is 13.9 Å². The quantitative estimate of drug-likeness (QED) is 0.395. The molecule has 0 atom stereocenters. The van der Waals surface area contributed by atoms with Gasteiger partial charge < -0.3 is 20.1 Å². The van der Waals surface area contributed by atoms with Gasteiger partial charge in [0, 0.05) is 52.0 Å². The maximum atomic E-state index is 13.5. The van der Waals surface area contributed by atoms with Gasteiger partial charge in [-0.15, -0.1) is 0 Å². The lowest BCUT2D eigenvalue weighted by molar-refractivity contribution is 0.0203. The number of ether oxygens (including phenoxy) is 2. The number of guanidine groups is 1. The van der Waals surface area contributed by atoms with Gasteiger partial charge in [-0.2, -0.15) is 0 Å². The third-order valence-corrected chi connectivity index (χ3v) is 5.56. The zero-order valence-electron chi connectivity index (χ0n) is 16.3. The minimum Gasteiger partial charge on any atom is -0.381 e. The maximum Gasteiger partial charge on any atom is 0.191 e. The van der Waals surface area contributed by atoms with Crippen molar-refractivity contribution in [2.24, 2.45) is 10.9 Å². The summed E-state index contributed by atoms with van der Waals surface area (Å²) in [6.45, 7) is 4.93. The molecular formula is C21H32FN3O2. The van der Waals surface area contributed by atoms with Gasteiger partial charge in [0.05, 0.1) is 0 Å². The Morgan fingerprint density at radius 3 is 2.81 bits per heavy atom. The predicted octanol–water partition coefficient (Wildman–Crippen LogP) is 2.86. The molecule has 27 heavy (non-hydrogen) atoms. The lowest BCUT2D eigenvalue weighted by Gasteiger charge is -2.22. The van der Waals surface area contributed by atoms with Gasteiger partial charge >= 0.3 is 0 Å². The van der Waals surface area contributed by atoms with Gasteiger partial charge in [-0.25, -0.2) is 4.39 Å². The summed E-state index contributed by atoms with van der Waals surface area (Å²) < 4.78 is 24.7. The number of rotatable bonds is 9. The van der Waals surface area contributed by atoms with E-state index < -0.39 is 0 Å². The third kappa shape index (κ3) is 6.18. The molecule has 1 aromatic rings. The highest BCUT2D eigenvalue weighted by Gasteiger charge is 2.44. The first-order chi connectivity index (χ1) is 13.2. The Morgan fingerprint density at radius 2 is 2.11 bits per heavy atom. The molecule has 0 spiro atoms. The number of hydrogen-bond donors (Lipinski definition) is 2. The van der Waals surface area contributed by atoms with Crippen LogP contribution in [0, 0.1) is 11.7 Å². The first kappa shape index (κ1) is 20.1. The van der Waals surface area contributed by atoms with E-state index in [2.05, 4.69) is 15.6 Å². The number of hydrogen-bond acceptors (Lipinski definition) is 3. The molecule has 5 nitrogen and oxygen atoms in total. The van der Waals surface area contributed by atoms with Gasteiger partial charge in [0.15, 0.2) is 5.96 Å². The number of benzene rings is 1. The molecule has 1 heterocycles. The molecule has 1 aliphatic heterocycles. The van der Waals surface area contributed by atoms with Crippen molar-refractivity contribution in [1.29, 1.82) is 0 Å². The summed E-state index contributed by atoms with van der Waals surface area (Å²) in [5.74, 6) is 1.28. The van der Waals surface area contributed by atoms with Gasteiger partial charge in [-0.1, -0.05) is 12.1 Å². The van der Waals surface area contributed by atoms with E-state index in [4.69, 9.17) is 9.47 Å². The van der Waals surface area contributed by atoms with Crippen LogP contribution in [0.2, 0.25) is 0 Å². The molecule has 6 heteroatoms. The Kier molecular flexibility index (Phi) is 7.47. The predicted molar refractivity (Wildman–Crippen MR) is 106 cm³/mol. The van der Waals surface area contributed by atoms with Gasteiger partial charge in [0.2, 0.25) is 0 Å². The molecule has 1 aromatic carbocycles. The van der Waals surface area contributed by atoms with Crippen LogP contribution < -0.4 is 10.6 Å². The second-order valence-electron chi connectivity index (χ2n) is 7.63. The average Bonchev–Trinajstić information content (AvgIpc) is 3.49. The highest BCUT2D eigenvalue weighted by Crippen LogP contribution is 2.47. The molecule has 2 N–H and O–H groups in total. The monoisotopic (exact) mass is 377 g/mol. The topological polar surface area (TPSA) is 54.9 Å². The fourth-order valence-corrected chi connectivity index (χ4v) is 3.55. The summed E-state index contributed by atoms with van der Waals surface area (Å²) in [7, 11) is 1.78. The summed E-state index contributed by atoms with van der Waals surface area (Å²) in [5.41, 5.74) is 1.12. The standard InChI is InChI=1S/C21H32FN3O2/c1-23-20(24-10-3-11-27-15-17-6-12-26-13-7-17)25-16-21(8-9-21)18-4-2-5-19(22)14-18/h2,4-5,14,17H,3,6-13,15-16H2,1H3,(H2,23,24,25). The number of nitrogens with zero attached hydrogens (tertiary/aromatic N) is 1. The maximum absolute atomic E-state index is 13.5. The summed E-state index contributed by atoms with van der Waals surface area (Å²) in [6.07, 6.45) is 5.34. The number of aliphatic imine (C=N–C) groups is 1. The Bertz CT molecular complexity index is 613. The molecule has 1 aliphatic carbocycles. The molecule has 2 fully saturated rings. The van der Waals surface area contributed by atoms with E-state index in [1.165, 1.54) is 6.07 Å². The van der Waals surface area contributed by atoms with Crippen LogP contribution in [-0.2, 0) is 14.9 Å². The Balaban J connectivity index is 1.30. The van der Waals surface area contributed by atoms with Crippen LogP contribution in [0.25, 0.3) is 0 Å². The lowest BCUT2D eigenvalue weighted by atomic mass is 9.96. The van der Waals surface area contributed by atoms with Gasteiger partial charge in [0.25, 0.3) is 0 Å². The van der Waals surface area contributed by atoms with Crippen LogP contribution in [0.4, 0.5) is 4.39 Å². The Labute approximate surface area is 161 Å². The van der Waals surface area contributed by atoms with Crippen molar-refractivity contribution in [3.05, 3.63) is 35.6 Å². The summed E-state index contributed by atoms with van der Waals surface area (Å²) >= 11 is 0. The van der Waals surface area contributed by atoms with Crippen molar-refractivity contribution in [2.45, 2.75) is 37.5 Å². The highest BCUT2D eigenvalue weighted by molar-refractivity contribution is 5.79. The molecule has 0 amide bonds. The zero-order chi connectivity index (χ0) is 19.0. The van der Waals surface area contributed by atoms with E-state index in [1.54, 1.807) is 19.2 Å². The van der Waals surface area contributed by atoms with Crippen LogP contribution in [0.3, 0.4) is 0 Å². The zero-order valence-corrected chi connectivity index (χ0v) is 16.3. The smallest absolute Gasteiger partial charge is 0.191 e. The van der Waals surface area contributed by atoms with Crippen molar-refractivity contribution in [1.82, 2.24) is 10.6 Å². The van der Waals surface area contributed by atoms with Crippen LogP contribution in [0.1, 0.15) is 37.7 Å². The second-order valence-corrected chi connectivity index (χ2v) is 7.63. The van der Waals surface area contributed by atoms with Crippen molar-refractivity contribution in [3.8, 4) is 0 Å². The molecule has 2 aliphatic rings. The Hall–Kier alpha value is -1.66. The summed E-state index contributed by atoms with van der Waals surface area (Å²) in [5, 5.41) is 6.73. The van der Waals surface area contributed by atoms with E-state index in [0.717, 1.165) is 83.1 Å². The second kappa shape index (κ2) is 10.0. The molecular weight excluding hydrogens is 345 g/mol. The molecule has 0 bridgehead atoms. The van der Waals surface area contributed by atoms with Crippen molar-refractivity contribution in [3.63, 3.8) is 0 Å². The van der Waals surface area contributed by atoms with Crippen LogP contribution in [0.15, 0.2) is 29.3 Å². The SMILES string of the molecule is CN=C(NCCCOCC1CCOCC1)NCC1(c2cccc(F)c2)CC1. The minimum atomic E-state index is -0.165. The fraction of sp³-hybridized carbons (Fsp3) is 0.667. The number of halogens is 1. The van der Waals surface area contributed by atoms with Crippen LogP contribution >= 0.6 is 0 Å². The Morgan fingerprint density at radius 1 is 1.30 bits per heavy atom. The minimum absolute atomic E-state index is 0.0482.